The highest BCUT2D eigenvalue weighted by Crippen LogP contribution is 2.30. The number of carbonyl (C=O) groups is 2. The van der Waals surface area contributed by atoms with Crippen molar-refractivity contribution in [2.45, 2.75) is 38.3 Å². The number of aliphatic hydroxyl groups is 1. The Balaban J connectivity index is 1.81. The molecule has 1 aliphatic rings. The predicted octanol–water partition coefficient (Wildman–Crippen LogP) is 3.73. The zero-order valence-electron chi connectivity index (χ0n) is 15.5. The Hall–Kier alpha value is -2.66. The summed E-state index contributed by atoms with van der Waals surface area (Å²) in [4.78, 5) is 26.7. The number of cyclic esters (lactones) is 1. The van der Waals surface area contributed by atoms with E-state index in [0.29, 0.717) is 18.4 Å². The van der Waals surface area contributed by atoms with Crippen molar-refractivity contribution in [2.24, 2.45) is 5.92 Å². The van der Waals surface area contributed by atoms with Crippen LogP contribution in [0.25, 0.3) is 0 Å². The van der Waals surface area contributed by atoms with Gasteiger partial charge in [0, 0.05) is 0 Å². The first kappa shape index (κ1) is 19.1. The number of nitrogens with zero attached hydrogens (tertiary/aromatic N) is 1. The third-order valence-corrected chi connectivity index (χ3v) is 4.95. The molecule has 1 heterocycles. The van der Waals surface area contributed by atoms with E-state index in [-0.39, 0.29) is 18.6 Å². The van der Waals surface area contributed by atoms with Gasteiger partial charge in [0.25, 0.3) is 0 Å². The van der Waals surface area contributed by atoms with Crippen molar-refractivity contribution in [3.63, 3.8) is 0 Å². The summed E-state index contributed by atoms with van der Waals surface area (Å²) in [5, 5.41) is 10.8. The number of carbonyl (C=O) groups excluding carboxylic acids is 2. The molecule has 0 unspecified atom stereocenters. The molecular weight excluding hydrogens is 342 g/mol. The van der Waals surface area contributed by atoms with Crippen LogP contribution in [0.1, 0.15) is 37.0 Å². The van der Waals surface area contributed by atoms with Crippen molar-refractivity contribution in [3.05, 3.63) is 71.8 Å². The van der Waals surface area contributed by atoms with Gasteiger partial charge in [-0.25, -0.2) is 9.69 Å². The van der Waals surface area contributed by atoms with E-state index in [2.05, 4.69) is 0 Å². The highest BCUT2D eigenvalue weighted by Gasteiger charge is 2.42. The van der Waals surface area contributed by atoms with Gasteiger partial charge in [0.15, 0.2) is 0 Å². The van der Waals surface area contributed by atoms with E-state index >= 15 is 0 Å². The maximum atomic E-state index is 13.2. The lowest BCUT2D eigenvalue weighted by atomic mass is 9.90. The molecule has 142 valence electrons. The van der Waals surface area contributed by atoms with Crippen molar-refractivity contribution in [1.29, 1.82) is 0 Å². The Morgan fingerprint density at radius 2 is 1.78 bits per heavy atom. The normalized spacial score (nSPS) is 18.8. The smallest absolute Gasteiger partial charge is 0.416 e. The number of ether oxygens (including phenoxy) is 1. The summed E-state index contributed by atoms with van der Waals surface area (Å²) in [6.45, 7) is 2.14. The molecule has 2 amide bonds. The summed E-state index contributed by atoms with van der Waals surface area (Å²) in [5.41, 5.74) is 1.71. The van der Waals surface area contributed by atoms with Crippen LogP contribution in [0.15, 0.2) is 60.7 Å². The Labute approximate surface area is 159 Å². The van der Waals surface area contributed by atoms with E-state index in [1.165, 1.54) is 4.90 Å². The fourth-order valence-corrected chi connectivity index (χ4v) is 3.56. The molecule has 0 bridgehead atoms. The van der Waals surface area contributed by atoms with E-state index in [1.807, 2.05) is 55.5 Å². The SMILES string of the molecule is CCC[C@@H](C(=O)N1C(=O)OC[C@@H]1Cc1ccccc1)[C@H](O)c1ccccc1. The molecule has 1 N–H and O–H groups in total. The third kappa shape index (κ3) is 4.37. The zero-order chi connectivity index (χ0) is 19.2. The maximum absolute atomic E-state index is 13.2. The van der Waals surface area contributed by atoms with Crippen LogP contribution in [0, 0.1) is 5.92 Å². The first-order valence-electron chi connectivity index (χ1n) is 9.38. The lowest BCUT2D eigenvalue weighted by molar-refractivity contribution is -0.137. The van der Waals surface area contributed by atoms with Gasteiger partial charge < -0.3 is 9.84 Å². The van der Waals surface area contributed by atoms with E-state index < -0.39 is 18.1 Å². The Morgan fingerprint density at radius 1 is 1.15 bits per heavy atom. The quantitative estimate of drug-likeness (QED) is 0.810. The molecule has 1 aliphatic heterocycles. The largest absolute Gasteiger partial charge is 0.447 e. The van der Waals surface area contributed by atoms with E-state index in [9.17, 15) is 14.7 Å². The lowest BCUT2D eigenvalue weighted by Crippen LogP contribution is -2.45. The summed E-state index contributed by atoms with van der Waals surface area (Å²) < 4.78 is 5.17. The zero-order valence-corrected chi connectivity index (χ0v) is 15.5. The number of amides is 2. The summed E-state index contributed by atoms with van der Waals surface area (Å²) in [6, 6.07) is 18.5. The van der Waals surface area contributed by atoms with Crippen LogP contribution in [-0.4, -0.2) is 34.7 Å². The predicted molar refractivity (Wildman–Crippen MR) is 102 cm³/mol. The topological polar surface area (TPSA) is 66.8 Å². The van der Waals surface area contributed by atoms with Crippen LogP contribution in [-0.2, 0) is 16.0 Å². The first-order valence-corrected chi connectivity index (χ1v) is 9.38. The van der Waals surface area contributed by atoms with E-state index in [4.69, 9.17) is 4.74 Å². The second kappa shape index (κ2) is 8.82. The summed E-state index contributed by atoms with van der Waals surface area (Å²) >= 11 is 0. The van der Waals surface area contributed by atoms with Crippen LogP contribution >= 0.6 is 0 Å². The van der Waals surface area contributed by atoms with Gasteiger partial charge in [-0.05, 0) is 24.0 Å². The minimum absolute atomic E-state index is 0.180. The molecule has 5 nitrogen and oxygen atoms in total. The Kier molecular flexibility index (Phi) is 6.24. The Morgan fingerprint density at radius 3 is 2.41 bits per heavy atom. The number of hydrogen-bond donors (Lipinski definition) is 1. The van der Waals surface area contributed by atoms with Gasteiger partial charge in [0.2, 0.25) is 5.91 Å². The van der Waals surface area contributed by atoms with E-state index in [1.54, 1.807) is 12.1 Å². The van der Waals surface area contributed by atoms with Crippen LogP contribution in [0.3, 0.4) is 0 Å². The molecule has 1 saturated heterocycles. The van der Waals surface area contributed by atoms with Gasteiger partial charge in [-0.15, -0.1) is 0 Å². The number of aliphatic hydroxyl groups excluding tert-OH is 1. The van der Waals surface area contributed by atoms with Crippen LogP contribution in [0.5, 0.6) is 0 Å². The molecule has 3 atom stereocenters. The fraction of sp³-hybridized carbons (Fsp3) is 0.364. The second-order valence-corrected chi connectivity index (χ2v) is 6.88. The van der Waals surface area contributed by atoms with E-state index in [0.717, 1.165) is 12.0 Å². The van der Waals surface area contributed by atoms with Crippen LogP contribution < -0.4 is 0 Å². The average molecular weight is 367 g/mol. The van der Waals surface area contributed by atoms with Crippen molar-refractivity contribution < 1.29 is 19.4 Å². The number of rotatable bonds is 7. The molecule has 2 aromatic carbocycles. The standard InChI is InChI=1S/C22H25NO4/c1-2-9-19(20(24)17-12-7-4-8-13-17)21(25)23-18(15-27-22(23)26)14-16-10-5-3-6-11-16/h3-8,10-13,18-20,24H,2,9,14-15H2,1H3/t18-,19+,20+/m0/s1. The molecule has 0 aliphatic carbocycles. The van der Waals surface area contributed by atoms with Crippen molar-refractivity contribution in [2.75, 3.05) is 6.61 Å². The van der Waals surface area contributed by atoms with Gasteiger partial charge in [-0.1, -0.05) is 74.0 Å². The number of hydrogen-bond acceptors (Lipinski definition) is 4. The van der Waals surface area contributed by atoms with Gasteiger partial charge in [0.1, 0.15) is 6.61 Å². The highest BCUT2D eigenvalue weighted by molar-refractivity contribution is 5.95. The van der Waals surface area contributed by atoms with Gasteiger partial charge >= 0.3 is 6.09 Å². The highest BCUT2D eigenvalue weighted by atomic mass is 16.6. The lowest BCUT2D eigenvalue weighted by Gasteiger charge is -2.28. The minimum atomic E-state index is -0.954. The fourth-order valence-electron chi connectivity index (χ4n) is 3.56. The van der Waals surface area contributed by atoms with Gasteiger partial charge in [0.05, 0.1) is 18.1 Å². The molecule has 0 saturated carbocycles. The molecule has 2 aromatic rings. The molecule has 0 radical (unpaired) electrons. The first-order chi connectivity index (χ1) is 13.1. The molecule has 5 heteroatoms. The average Bonchev–Trinajstić information content (AvgIpc) is 3.06. The number of benzene rings is 2. The third-order valence-electron chi connectivity index (χ3n) is 4.95. The molecule has 3 rings (SSSR count). The molecule has 0 spiro atoms. The Bertz CT molecular complexity index is 762. The summed E-state index contributed by atoms with van der Waals surface area (Å²) in [5.74, 6) is -1.04. The molecule has 1 fully saturated rings. The van der Waals surface area contributed by atoms with Crippen LogP contribution in [0.4, 0.5) is 4.79 Å². The second-order valence-electron chi connectivity index (χ2n) is 6.88. The number of imide groups is 1. The monoisotopic (exact) mass is 367 g/mol. The summed E-state index contributed by atoms with van der Waals surface area (Å²) in [6.07, 6.45) is 0.189. The maximum Gasteiger partial charge on any atom is 0.416 e. The van der Waals surface area contributed by atoms with Crippen molar-refractivity contribution in [3.8, 4) is 0 Å². The molecule has 27 heavy (non-hydrogen) atoms. The molecule has 0 aromatic heterocycles. The van der Waals surface area contributed by atoms with Crippen LogP contribution in [0.2, 0.25) is 0 Å². The van der Waals surface area contributed by atoms with Gasteiger partial charge in [-0.3, -0.25) is 4.79 Å². The summed E-state index contributed by atoms with van der Waals surface area (Å²) in [7, 11) is 0. The minimum Gasteiger partial charge on any atom is -0.447 e. The molecular formula is C22H25NO4. The van der Waals surface area contributed by atoms with Crippen molar-refractivity contribution in [1.82, 2.24) is 4.90 Å². The van der Waals surface area contributed by atoms with Gasteiger partial charge in [-0.2, -0.15) is 0 Å². The van der Waals surface area contributed by atoms with Crippen molar-refractivity contribution >= 4 is 12.0 Å².